The number of methoxy groups -OCH3 is 1. The first-order chi connectivity index (χ1) is 12.1. The number of fused-ring (bicyclic) bond motifs is 1. The summed E-state index contributed by atoms with van der Waals surface area (Å²) in [5, 5.41) is 1.36. The summed E-state index contributed by atoms with van der Waals surface area (Å²) in [5.41, 5.74) is 2.80. The van der Waals surface area contributed by atoms with Crippen LogP contribution in [-0.2, 0) is 13.0 Å². The SMILES string of the molecule is COc1ccc2c(c1)c(CCCN1CCN(C)CC1)cn2CC(C)C. The molecule has 1 fully saturated rings. The van der Waals surface area contributed by atoms with Crippen LogP contribution in [0.25, 0.3) is 10.9 Å². The molecule has 4 heteroatoms. The summed E-state index contributed by atoms with van der Waals surface area (Å²) in [6, 6.07) is 6.49. The lowest BCUT2D eigenvalue weighted by Crippen LogP contribution is -2.44. The topological polar surface area (TPSA) is 20.6 Å². The van der Waals surface area contributed by atoms with Crippen LogP contribution in [0.3, 0.4) is 0 Å². The van der Waals surface area contributed by atoms with Gasteiger partial charge < -0.3 is 19.1 Å². The highest BCUT2D eigenvalue weighted by atomic mass is 16.5. The van der Waals surface area contributed by atoms with Gasteiger partial charge in [-0.1, -0.05) is 13.8 Å². The first-order valence-electron chi connectivity index (χ1n) is 9.63. The third-order valence-electron chi connectivity index (χ3n) is 5.25. The summed E-state index contributed by atoms with van der Waals surface area (Å²) in [4.78, 5) is 5.02. The summed E-state index contributed by atoms with van der Waals surface area (Å²) in [7, 11) is 3.97. The van der Waals surface area contributed by atoms with Crippen LogP contribution in [0.4, 0.5) is 0 Å². The molecule has 0 saturated carbocycles. The highest BCUT2D eigenvalue weighted by molar-refractivity contribution is 5.85. The Morgan fingerprint density at radius 2 is 1.88 bits per heavy atom. The number of aromatic nitrogens is 1. The van der Waals surface area contributed by atoms with Crippen LogP contribution in [0.5, 0.6) is 5.75 Å². The molecule has 2 aromatic rings. The van der Waals surface area contributed by atoms with Gasteiger partial charge in [-0.15, -0.1) is 0 Å². The average molecular weight is 344 g/mol. The van der Waals surface area contributed by atoms with Crippen molar-refractivity contribution in [3.05, 3.63) is 30.0 Å². The van der Waals surface area contributed by atoms with Gasteiger partial charge in [0.05, 0.1) is 7.11 Å². The summed E-state index contributed by atoms with van der Waals surface area (Å²) >= 11 is 0. The molecule has 1 aromatic heterocycles. The van der Waals surface area contributed by atoms with Gasteiger partial charge in [0.1, 0.15) is 5.75 Å². The van der Waals surface area contributed by atoms with Gasteiger partial charge in [0.15, 0.2) is 0 Å². The highest BCUT2D eigenvalue weighted by Gasteiger charge is 2.14. The Balaban J connectivity index is 1.70. The van der Waals surface area contributed by atoms with Crippen LogP contribution in [0.1, 0.15) is 25.8 Å². The van der Waals surface area contributed by atoms with Crippen LogP contribution in [0, 0.1) is 5.92 Å². The molecule has 0 amide bonds. The van der Waals surface area contributed by atoms with Crippen LogP contribution in [-0.4, -0.2) is 61.2 Å². The summed E-state index contributed by atoms with van der Waals surface area (Å²) in [5.74, 6) is 1.60. The van der Waals surface area contributed by atoms with Gasteiger partial charge in [0.2, 0.25) is 0 Å². The molecule has 2 heterocycles. The van der Waals surface area contributed by atoms with Gasteiger partial charge in [-0.25, -0.2) is 0 Å². The average Bonchev–Trinajstić information content (AvgIpc) is 2.93. The minimum Gasteiger partial charge on any atom is -0.497 e. The maximum absolute atomic E-state index is 5.46. The van der Waals surface area contributed by atoms with Crippen molar-refractivity contribution in [1.82, 2.24) is 14.4 Å². The lowest BCUT2D eigenvalue weighted by molar-refractivity contribution is 0.153. The second-order valence-corrected chi connectivity index (χ2v) is 7.83. The Morgan fingerprint density at radius 3 is 2.56 bits per heavy atom. The van der Waals surface area contributed by atoms with E-state index in [0.717, 1.165) is 18.7 Å². The van der Waals surface area contributed by atoms with Crippen molar-refractivity contribution in [1.29, 1.82) is 0 Å². The zero-order valence-electron chi connectivity index (χ0n) is 16.3. The summed E-state index contributed by atoms with van der Waals surface area (Å²) < 4.78 is 7.88. The van der Waals surface area contributed by atoms with E-state index in [1.807, 2.05) is 0 Å². The monoisotopic (exact) mass is 343 g/mol. The Labute approximate surface area is 152 Å². The minimum atomic E-state index is 0.649. The Morgan fingerprint density at radius 1 is 1.12 bits per heavy atom. The standard InChI is InChI=1S/C21H33N3O/c1-17(2)15-24-16-18(20-14-19(25-4)7-8-21(20)24)6-5-9-23-12-10-22(3)11-13-23/h7-8,14,16-17H,5-6,9-13,15H2,1-4H3. The molecule has 0 N–H and O–H groups in total. The van der Waals surface area contributed by atoms with Crippen molar-refractivity contribution in [2.45, 2.75) is 33.2 Å². The Kier molecular flexibility index (Phi) is 6.02. The molecule has 0 aliphatic carbocycles. The van der Waals surface area contributed by atoms with E-state index in [-0.39, 0.29) is 0 Å². The number of hydrogen-bond donors (Lipinski definition) is 0. The first-order valence-corrected chi connectivity index (χ1v) is 9.63. The molecule has 1 aliphatic heterocycles. The number of nitrogens with zero attached hydrogens (tertiary/aromatic N) is 3. The van der Waals surface area contributed by atoms with E-state index >= 15 is 0 Å². The van der Waals surface area contributed by atoms with E-state index in [4.69, 9.17) is 4.74 Å². The third kappa shape index (κ3) is 4.56. The second kappa shape index (κ2) is 8.24. The fourth-order valence-electron chi connectivity index (χ4n) is 3.79. The van der Waals surface area contributed by atoms with Crippen molar-refractivity contribution in [2.24, 2.45) is 5.92 Å². The molecule has 25 heavy (non-hydrogen) atoms. The van der Waals surface area contributed by atoms with E-state index in [1.54, 1.807) is 7.11 Å². The van der Waals surface area contributed by atoms with Crippen molar-refractivity contribution in [3.8, 4) is 5.75 Å². The number of hydrogen-bond acceptors (Lipinski definition) is 3. The molecule has 1 saturated heterocycles. The zero-order chi connectivity index (χ0) is 17.8. The molecule has 0 spiro atoms. The van der Waals surface area contributed by atoms with Crippen LogP contribution in [0.15, 0.2) is 24.4 Å². The second-order valence-electron chi connectivity index (χ2n) is 7.83. The van der Waals surface area contributed by atoms with E-state index < -0.39 is 0 Å². The molecule has 4 nitrogen and oxygen atoms in total. The fraction of sp³-hybridized carbons (Fsp3) is 0.619. The smallest absolute Gasteiger partial charge is 0.119 e. The quantitative estimate of drug-likeness (QED) is 0.768. The number of likely N-dealkylation sites (N-methyl/N-ethyl adjacent to an activating group) is 1. The van der Waals surface area contributed by atoms with Gasteiger partial charge in [-0.2, -0.15) is 0 Å². The van der Waals surface area contributed by atoms with E-state index in [0.29, 0.717) is 5.92 Å². The van der Waals surface area contributed by atoms with Gasteiger partial charge in [-0.3, -0.25) is 0 Å². The van der Waals surface area contributed by atoms with Crippen LogP contribution in [0.2, 0.25) is 0 Å². The molecule has 0 unspecified atom stereocenters. The zero-order valence-corrected chi connectivity index (χ0v) is 16.3. The predicted molar refractivity (Wildman–Crippen MR) is 106 cm³/mol. The van der Waals surface area contributed by atoms with Crippen molar-refractivity contribution < 1.29 is 4.74 Å². The van der Waals surface area contributed by atoms with E-state index in [1.165, 1.54) is 55.6 Å². The molecule has 138 valence electrons. The van der Waals surface area contributed by atoms with E-state index in [9.17, 15) is 0 Å². The number of benzene rings is 1. The van der Waals surface area contributed by atoms with Gasteiger partial charge in [-0.05, 0) is 56.1 Å². The highest BCUT2D eigenvalue weighted by Crippen LogP contribution is 2.27. The number of rotatable bonds is 7. The lowest BCUT2D eigenvalue weighted by atomic mass is 10.1. The predicted octanol–water partition coefficient (Wildman–Crippen LogP) is 3.49. The molecule has 1 aliphatic rings. The largest absolute Gasteiger partial charge is 0.497 e. The molecule has 1 aromatic carbocycles. The molecule has 0 bridgehead atoms. The third-order valence-corrected chi connectivity index (χ3v) is 5.25. The van der Waals surface area contributed by atoms with Gasteiger partial charge in [0, 0.05) is 49.8 Å². The number of piperazine rings is 1. The van der Waals surface area contributed by atoms with Crippen LogP contribution >= 0.6 is 0 Å². The summed E-state index contributed by atoms with van der Waals surface area (Å²) in [6.07, 6.45) is 4.73. The Bertz CT molecular complexity index is 684. The van der Waals surface area contributed by atoms with Crippen molar-refractivity contribution in [3.63, 3.8) is 0 Å². The molecular weight excluding hydrogens is 310 g/mol. The van der Waals surface area contributed by atoms with Gasteiger partial charge >= 0.3 is 0 Å². The lowest BCUT2D eigenvalue weighted by Gasteiger charge is -2.32. The van der Waals surface area contributed by atoms with E-state index in [2.05, 4.69) is 59.7 Å². The maximum Gasteiger partial charge on any atom is 0.119 e. The number of aryl methyl sites for hydroxylation is 1. The van der Waals surface area contributed by atoms with Crippen LogP contribution < -0.4 is 4.74 Å². The number of ether oxygens (including phenoxy) is 1. The molecule has 3 rings (SSSR count). The summed E-state index contributed by atoms with van der Waals surface area (Å²) in [6.45, 7) is 11.6. The first kappa shape index (κ1) is 18.3. The molecule has 0 atom stereocenters. The van der Waals surface area contributed by atoms with Crippen molar-refractivity contribution >= 4 is 10.9 Å². The fourth-order valence-corrected chi connectivity index (χ4v) is 3.79. The van der Waals surface area contributed by atoms with Gasteiger partial charge in [0.25, 0.3) is 0 Å². The minimum absolute atomic E-state index is 0.649. The Hall–Kier alpha value is -1.52. The molecular formula is C21H33N3O. The normalized spacial score (nSPS) is 16.8. The van der Waals surface area contributed by atoms with Crippen molar-refractivity contribution in [2.75, 3.05) is 46.9 Å². The molecule has 0 radical (unpaired) electrons. The maximum atomic E-state index is 5.46.